The first-order valence-electron chi connectivity index (χ1n) is 7.25. The van der Waals surface area contributed by atoms with Crippen LogP contribution in [0, 0.1) is 12.3 Å². The van der Waals surface area contributed by atoms with Gasteiger partial charge >= 0.3 is 5.97 Å². The molecule has 1 unspecified atom stereocenters. The first kappa shape index (κ1) is 19.7. The maximum Gasteiger partial charge on any atom is 0.329 e. The molecular formula is C16H20N2O5S. The number of amides is 1. The molecule has 8 heteroatoms. The molecule has 0 aliphatic heterocycles. The number of hydrogen-bond donors (Lipinski definition) is 3. The molecule has 1 rings (SSSR count). The van der Waals surface area contributed by atoms with Crippen LogP contribution in [-0.4, -0.2) is 37.5 Å². The van der Waals surface area contributed by atoms with Crippen molar-refractivity contribution < 1.29 is 23.1 Å². The number of sulfonamides is 1. The van der Waals surface area contributed by atoms with Crippen molar-refractivity contribution in [1.29, 1.82) is 0 Å². The maximum absolute atomic E-state index is 12.3. The summed E-state index contributed by atoms with van der Waals surface area (Å²) < 4.78 is 26.2. The SMILES string of the molecule is C#CCNS(=O)(=O)c1cccc(C(=O)NC(C)(CCC)C(=O)O)c1. The summed E-state index contributed by atoms with van der Waals surface area (Å²) >= 11 is 0. The van der Waals surface area contributed by atoms with Crippen LogP contribution in [0.2, 0.25) is 0 Å². The standard InChI is InChI=1S/C16H20N2O5S/c1-4-9-16(3,15(20)21)18-14(19)12-7-6-8-13(11-12)24(22,23)17-10-5-2/h2,6-8,11,17H,4,9-10H2,1,3H3,(H,18,19)(H,20,21). The Hall–Kier alpha value is -2.37. The number of carbonyl (C=O) groups is 2. The van der Waals surface area contributed by atoms with Gasteiger partial charge in [-0.25, -0.2) is 13.2 Å². The Morgan fingerprint density at radius 2 is 2.04 bits per heavy atom. The summed E-state index contributed by atoms with van der Waals surface area (Å²) in [7, 11) is -3.84. The van der Waals surface area contributed by atoms with Gasteiger partial charge < -0.3 is 10.4 Å². The van der Waals surface area contributed by atoms with Crippen LogP contribution in [0.5, 0.6) is 0 Å². The first-order valence-corrected chi connectivity index (χ1v) is 8.73. The van der Waals surface area contributed by atoms with Crippen LogP contribution in [0.4, 0.5) is 0 Å². The molecule has 0 radical (unpaired) electrons. The fraction of sp³-hybridized carbons (Fsp3) is 0.375. The number of aliphatic carboxylic acids is 1. The smallest absolute Gasteiger partial charge is 0.329 e. The lowest BCUT2D eigenvalue weighted by molar-refractivity contribution is -0.144. The molecule has 0 aromatic heterocycles. The van der Waals surface area contributed by atoms with Crippen LogP contribution in [0.1, 0.15) is 37.0 Å². The summed E-state index contributed by atoms with van der Waals surface area (Å²) in [6.45, 7) is 3.04. The van der Waals surface area contributed by atoms with Gasteiger partial charge in [-0.1, -0.05) is 25.3 Å². The van der Waals surface area contributed by atoms with Crippen LogP contribution in [-0.2, 0) is 14.8 Å². The Labute approximate surface area is 141 Å². The Morgan fingerprint density at radius 3 is 2.58 bits per heavy atom. The minimum atomic E-state index is -3.84. The molecule has 0 heterocycles. The van der Waals surface area contributed by atoms with Crippen LogP contribution < -0.4 is 10.0 Å². The summed E-state index contributed by atoms with van der Waals surface area (Å²) in [6, 6.07) is 5.29. The second-order valence-electron chi connectivity index (χ2n) is 5.40. The molecular weight excluding hydrogens is 332 g/mol. The van der Waals surface area contributed by atoms with E-state index in [0.717, 1.165) is 0 Å². The van der Waals surface area contributed by atoms with Gasteiger partial charge in [-0.15, -0.1) is 6.42 Å². The highest BCUT2D eigenvalue weighted by molar-refractivity contribution is 7.89. The Morgan fingerprint density at radius 1 is 1.38 bits per heavy atom. The van der Waals surface area contributed by atoms with Gasteiger partial charge in [0.2, 0.25) is 10.0 Å². The fourth-order valence-corrected chi connectivity index (χ4v) is 3.05. The number of carbonyl (C=O) groups excluding carboxylic acids is 1. The van der Waals surface area contributed by atoms with Gasteiger partial charge in [0.1, 0.15) is 5.54 Å². The monoisotopic (exact) mass is 352 g/mol. The maximum atomic E-state index is 12.3. The lowest BCUT2D eigenvalue weighted by Gasteiger charge is -2.25. The van der Waals surface area contributed by atoms with Gasteiger partial charge in [0, 0.05) is 5.56 Å². The van der Waals surface area contributed by atoms with Gasteiger partial charge in [-0.05, 0) is 31.5 Å². The lowest BCUT2D eigenvalue weighted by atomic mass is 9.96. The van der Waals surface area contributed by atoms with Gasteiger partial charge in [-0.2, -0.15) is 4.72 Å². The van der Waals surface area contributed by atoms with Crippen LogP contribution in [0.3, 0.4) is 0 Å². The van der Waals surface area contributed by atoms with E-state index in [1.165, 1.54) is 31.2 Å². The van der Waals surface area contributed by atoms with Crippen molar-refractivity contribution >= 4 is 21.9 Å². The van der Waals surface area contributed by atoms with E-state index in [-0.39, 0.29) is 23.4 Å². The van der Waals surface area contributed by atoms with Crippen molar-refractivity contribution in [2.45, 2.75) is 37.1 Å². The number of rotatable bonds is 8. The highest BCUT2D eigenvalue weighted by atomic mass is 32.2. The molecule has 0 fully saturated rings. The molecule has 0 bridgehead atoms. The highest BCUT2D eigenvalue weighted by Crippen LogP contribution is 2.16. The number of carboxylic acids is 1. The third-order valence-corrected chi connectivity index (χ3v) is 4.78. The second kappa shape index (κ2) is 7.95. The second-order valence-corrected chi connectivity index (χ2v) is 7.16. The minimum absolute atomic E-state index is 0.0437. The van der Waals surface area contributed by atoms with E-state index in [1.807, 2.05) is 0 Å². The van der Waals surface area contributed by atoms with Gasteiger partial charge in [0.15, 0.2) is 0 Å². The Kier molecular flexibility index (Phi) is 6.51. The topological polar surface area (TPSA) is 113 Å². The summed E-state index contributed by atoms with van der Waals surface area (Å²) in [4.78, 5) is 23.6. The highest BCUT2D eigenvalue weighted by Gasteiger charge is 2.34. The van der Waals surface area contributed by atoms with Gasteiger partial charge in [0.05, 0.1) is 11.4 Å². The fourth-order valence-electron chi connectivity index (χ4n) is 2.07. The van der Waals surface area contributed by atoms with Crippen LogP contribution in [0.15, 0.2) is 29.2 Å². The lowest BCUT2D eigenvalue weighted by Crippen LogP contribution is -2.52. The number of hydrogen-bond acceptors (Lipinski definition) is 4. The molecule has 1 atom stereocenters. The van der Waals surface area contributed by atoms with Crippen molar-refractivity contribution in [3.63, 3.8) is 0 Å². The molecule has 7 nitrogen and oxygen atoms in total. The minimum Gasteiger partial charge on any atom is -0.480 e. The molecule has 130 valence electrons. The van der Waals surface area contributed by atoms with Crippen LogP contribution >= 0.6 is 0 Å². The molecule has 0 saturated heterocycles. The predicted molar refractivity (Wildman–Crippen MR) is 88.9 cm³/mol. The summed E-state index contributed by atoms with van der Waals surface area (Å²) in [5.41, 5.74) is -1.38. The van der Waals surface area contributed by atoms with E-state index in [2.05, 4.69) is 16.0 Å². The zero-order valence-electron chi connectivity index (χ0n) is 13.5. The molecule has 0 spiro atoms. The zero-order valence-corrected chi connectivity index (χ0v) is 14.3. The van der Waals surface area contributed by atoms with E-state index in [1.54, 1.807) is 6.92 Å². The number of terminal acetylenes is 1. The molecule has 24 heavy (non-hydrogen) atoms. The predicted octanol–water partition coefficient (Wildman–Crippen LogP) is 0.971. The third kappa shape index (κ3) is 4.81. The first-order chi connectivity index (χ1) is 11.2. The Bertz CT molecular complexity index is 767. The molecule has 1 aromatic carbocycles. The van der Waals surface area contributed by atoms with Gasteiger partial charge in [-0.3, -0.25) is 4.79 Å². The molecule has 0 saturated carbocycles. The van der Waals surface area contributed by atoms with Crippen molar-refractivity contribution in [3.8, 4) is 12.3 Å². The molecule has 0 aliphatic carbocycles. The largest absolute Gasteiger partial charge is 0.480 e. The number of nitrogens with one attached hydrogen (secondary N) is 2. The number of benzene rings is 1. The van der Waals surface area contributed by atoms with E-state index in [4.69, 9.17) is 6.42 Å². The van der Waals surface area contributed by atoms with Crippen LogP contribution in [0.25, 0.3) is 0 Å². The van der Waals surface area contributed by atoms with Crippen molar-refractivity contribution in [2.75, 3.05) is 6.54 Å². The number of carboxylic acid groups (broad SMARTS) is 1. The van der Waals surface area contributed by atoms with Crippen molar-refractivity contribution in [2.24, 2.45) is 0 Å². The Balaban J connectivity index is 3.07. The summed E-state index contributed by atoms with van der Waals surface area (Å²) in [6.07, 6.45) is 5.83. The summed E-state index contributed by atoms with van der Waals surface area (Å²) in [5, 5.41) is 11.7. The molecule has 0 aliphatic rings. The van der Waals surface area contributed by atoms with Gasteiger partial charge in [0.25, 0.3) is 5.91 Å². The van der Waals surface area contributed by atoms with E-state index in [0.29, 0.717) is 6.42 Å². The average molecular weight is 352 g/mol. The quantitative estimate of drug-likeness (QED) is 0.604. The third-order valence-electron chi connectivity index (χ3n) is 3.38. The molecule has 1 amide bonds. The normalized spacial score (nSPS) is 13.5. The van der Waals surface area contributed by atoms with E-state index in [9.17, 15) is 23.1 Å². The summed E-state index contributed by atoms with van der Waals surface area (Å²) in [5.74, 6) is 0.334. The van der Waals surface area contributed by atoms with Crippen molar-refractivity contribution in [3.05, 3.63) is 29.8 Å². The molecule has 3 N–H and O–H groups in total. The zero-order chi connectivity index (χ0) is 18.4. The van der Waals surface area contributed by atoms with E-state index >= 15 is 0 Å². The van der Waals surface area contributed by atoms with Crippen molar-refractivity contribution in [1.82, 2.24) is 10.0 Å². The average Bonchev–Trinajstić information content (AvgIpc) is 2.53. The molecule has 1 aromatic rings. The van der Waals surface area contributed by atoms with E-state index < -0.39 is 27.4 Å².